The van der Waals surface area contributed by atoms with Crippen LogP contribution in [0.4, 0.5) is 5.95 Å². The summed E-state index contributed by atoms with van der Waals surface area (Å²) < 4.78 is 0. The van der Waals surface area contributed by atoms with Gasteiger partial charge in [0.1, 0.15) is 0 Å². The van der Waals surface area contributed by atoms with E-state index < -0.39 is 0 Å². The minimum atomic E-state index is 0.355. The van der Waals surface area contributed by atoms with E-state index in [1.807, 2.05) is 12.4 Å². The second-order valence-electron chi connectivity index (χ2n) is 6.40. The molecular formula is C16H29N3. The van der Waals surface area contributed by atoms with Crippen molar-refractivity contribution in [2.45, 2.75) is 60.3 Å². The van der Waals surface area contributed by atoms with Gasteiger partial charge in [0.2, 0.25) is 5.95 Å². The lowest BCUT2D eigenvalue weighted by Crippen LogP contribution is -2.30. The van der Waals surface area contributed by atoms with E-state index in [4.69, 9.17) is 0 Å². The number of hydrogen-bond acceptors (Lipinski definition) is 3. The van der Waals surface area contributed by atoms with Gasteiger partial charge in [-0.2, -0.15) is 0 Å². The van der Waals surface area contributed by atoms with Gasteiger partial charge in [0, 0.05) is 25.5 Å². The second-order valence-corrected chi connectivity index (χ2v) is 6.40. The molecule has 3 nitrogen and oxygen atoms in total. The molecule has 1 heterocycles. The number of aromatic nitrogens is 2. The molecule has 0 atom stereocenters. The number of nitrogens with zero attached hydrogens (tertiary/aromatic N) is 3. The van der Waals surface area contributed by atoms with Crippen LogP contribution in [-0.4, -0.2) is 23.1 Å². The number of rotatable bonds is 7. The van der Waals surface area contributed by atoms with E-state index in [-0.39, 0.29) is 0 Å². The molecule has 3 heteroatoms. The number of anilines is 1. The largest absolute Gasteiger partial charge is 0.341 e. The molecule has 0 saturated heterocycles. The molecule has 108 valence electrons. The lowest BCUT2D eigenvalue weighted by molar-refractivity contribution is 0.377. The third-order valence-electron chi connectivity index (χ3n) is 3.30. The molecule has 19 heavy (non-hydrogen) atoms. The highest BCUT2D eigenvalue weighted by Gasteiger charge is 2.15. The summed E-state index contributed by atoms with van der Waals surface area (Å²) in [4.78, 5) is 11.4. The number of unbranched alkanes of at least 4 members (excludes halogenated alkanes) is 1. The van der Waals surface area contributed by atoms with Crippen LogP contribution < -0.4 is 4.90 Å². The fourth-order valence-electron chi connectivity index (χ4n) is 1.82. The Morgan fingerprint density at radius 3 is 2.16 bits per heavy atom. The number of hydrogen-bond donors (Lipinski definition) is 0. The third kappa shape index (κ3) is 6.04. The van der Waals surface area contributed by atoms with Crippen molar-refractivity contribution in [2.75, 3.05) is 18.0 Å². The summed E-state index contributed by atoms with van der Waals surface area (Å²) in [5.74, 6) is 0.884. The van der Waals surface area contributed by atoms with Gasteiger partial charge in [-0.1, -0.05) is 41.0 Å². The predicted molar refractivity (Wildman–Crippen MR) is 82.6 cm³/mol. The lowest BCUT2D eigenvalue weighted by atomic mass is 9.92. The van der Waals surface area contributed by atoms with Crippen LogP contribution in [0, 0.1) is 5.41 Å². The van der Waals surface area contributed by atoms with Gasteiger partial charge >= 0.3 is 0 Å². The summed E-state index contributed by atoms with van der Waals surface area (Å²) in [6, 6.07) is 0. The molecule has 1 aromatic heterocycles. The van der Waals surface area contributed by atoms with E-state index in [0.29, 0.717) is 5.41 Å². The summed E-state index contributed by atoms with van der Waals surface area (Å²) >= 11 is 0. The van der Waals surface area contributed by atoms with E-state index in [1.165, 1.54) is 18.4 Å². The Kier molecular flexibility index (Phi) is 6.26. The Morgan fingerprint density at radius 1 is 1.05 bits per heavy atom. The molecule has 0 fully saturated rings. The molecule has 0 radical (unpaired) electrons. The van der Waals surface area contributed by atoms with E-state index >= 15 is 0 Å². The minimum Gasteiger partial charge on any atom is -0.341 e. The van der Waals surface area contributed by atoms with Crippen molar-refractivity contribution < 1.29 is 0 Å². The highest BCUT2D eigenvalue weighted by molar-refractivity contribution is 5.29. The minimum absolute atomic E-state index is 0.355. The Labute approximate surface area is 118 Å². The van der Waals surface area contributed by atoms with E-state index in [9.17, 15) is 0 Å². The standard InChI is InChI=1S/C16H29N3/c1-6-8-10-19(11-9-16(3,4)5)15-17-12-14(7-2)13-18-15/h12-13H,6-11H2,1-5H3. The zero-order valence-corrected chi connectivity index (χ0v) is 13.2. The lowest BCUT2D eigenvalue weighted by Gasteiger charge is -2.27. The second kappa shape index (κ2) is 7.46. The smallest absolute Gasteiger partial charge is 0.225 e. The first-order chi connectivity index (χ1) is 8.96. The first-order valence-electron chi connectivity index (χ1n) is 7.52. The van der Waals surface area contributed by atoms with Gasteiger partial charge in [-0.3, -0.25) is 0 Å². The fraction of sp³-hybridized carbons (Fsp3) is 0.750. The third-order valence-corrected chi connectivity index (χ3v) is 3.30. The summed E-state index contributed by atoms with van der Waals surface area (Å²) in [6.45, 7) is 13.3. The molecule has 1 aromatic rings. The molecular weight excluding hydrogens is 234 g/mol. The molecule has 0 amide bonds. The first-order valence-corrected chi connectivity index (χ1v) is 7.52. The molecule has 0 aliphatic rings. The molecule has 0 N–H and O–H groups in total. The summed E-state index contributed by atoms with van der Waals surface area (Å²) in [6.07, 6.45) is 8.48. The van der Waals surface area contributed by atoms with Crippen LogP contribution in [-0.2, 0) is 6.42 Å². The highest BCUT2D eigenvalue weighted by atomic mass is 15.2. The zero-order valence-electron chi connectivity index (χ0n) is 13.2. The molecule has 0 bridgehead atoms. The Balaban J connectivity index is 2.70. The van der Waals surface area contributed by atoms with Crippen molar-refractivity contribution in [1.82, 2.24) is 9.97 Å². The Morgan fingerprint density at radius 2 is 1.68 bits per heavy atom. The highest BCUT2D eigenvalue weighted by Crippen LogP contribution is 2.20. The van der Waals surface area contributed by atoms with Gasteiger partial charge < -0.3 is 4.90 Å². The SMILES string of the molecule is CCCCN(CCC(C)(C)C)c1ncc(CC)cn1. The molecule has 0 aliphatic carbocycles. The number of aryl methyl sites for hydroxylation is 1. The van der Waals surface area contributed by atoms with Gasteiger partial charge in [0.25, 0.3) is 0 Å². The van der Waals surface area contributed by atoms with Gasteiger partial charge in [-0.05, 0) is 30.2 Å². The summed E-state index contributed by atoms with van der Waals surface area (Å²) in [5.41, 5.74) is 1.56. The van der Waals surface area contributed by atoms with Crippen molar-refractivity contribution in [3.63, 3.8) is 0 Å². The summed E-state index contributed by atoms with van der Waals surface area (Å²) in [5, 5.41) is 0. The first kappa shape index (κ1) is 15.9. The van der Waals surface area contributed by atoms with E-state index in [1.54, 1.807) is 0 Å². The average molecular weight is 263 g/mol. The zero-order chi connectivity index (χ0) is 14.3. The molecule has 0 aliphatic heterocycles. The molecule has 1 rings (SSSR count). The van der Waals surface area contributed by atoms with Gasteiger partial charge in [0.05, 0.1) is 0 Å². The maximum Gasteiger partial charge on any atom is 0.225 e. The average Bonchev–Trinajstić information content (AvgIpc) is 2.38. The van der Waals surface area contributed by atoms with Gasteiger partial charge in [-0.15, -0.1) is 0 Å². The van der Waals surface area contributed by atoms with Crippen LogP contribution in [0.5, 0.6) is 0 Å². The van der Waals surface area contributed by atoms with Crippen molar-refractivity contribution in [3.8, 4) is 0 Å². The van der Waals surface area contributed by atoms with Gasteiger partial charge in [-0.25, -0.2) is 9.97 Å². The van der Waals surface area contributed by atoms with Crippen molar-refractivity contribution in [2.24, 2.45) is 5.41 Å². The van der Waals surface area contributed by atoms with Crippen LogP contribution in [0.25, 0.3) is 0 Å². The summed E-state index contributed by atoms with van der Waals surface area (Å²) in [7, 11) is 0. The quantitative estimate of drug-likeness (QED) is 0.742. The van der Waals surface area contributed by atoms with E-state index in [0.717, 1.165) is 31.9 Å². The van der Waals surface area contributed by atoms with Crippen LogP contribution in [0.15, 0.2) is 12.4 Å². The van der Waals surface area contributed by atoms with Crippen molar-refractivity contribution in [3.05, 3.63) is 18.0 Å². The predicted octanol–water partition coefficient (Wildman–Crippen LogP) is 4.08. The molecule has 0 saturated carbocycles. The maximum absolute atomic E-state index is 4.52. The monoisotopic (exact) mass is 263 g/mol. The maximum atomic E-state index is 4.52. The van der Waals surface area contributed by atoms with Crippen LogP contribution in [0.2, 0.25) is 0 Å². The topological polar surface area (TPSA) is 29.0 Å². The van der Waals surface area contributed by atoms with Crippen molar-refractivity contribution >= 4 is 5.95 Å². The Hall–Kier alpha value is -1.12. The van der Waals surface area contributed by atoms with Crippen molar-refractivity contribution in [1.29, 1.82) is 0 Å². The normalized spacial score (nSPS) is 11.6. The molecule has 0 aromatic carbocycles. The molecule has 0 unspecified atom stereocenters. The van der Waals surface area contributed by atoms with Gasteiger partial charge in [0.15, 0.2) is 0 Å². The fourth-order valence-corrected chi connectivity index (χ4v) is 1.82. The van der Waals surface area contributed by atoms with Crippen LogP contribution in [0.1, 0.15) is 59.4 Å². The van der Waals surface area contributed by atoms with Crippen LogP contribution in [0.3, 0.4) is 0 Å². The Bertz CT molecular complexity index is 351. The van der Waals surface area contributed by atoms with E-state index in [2.05, 4.69) is 49.5 Å². The molecule has 0 spiro atoms. The van der Waals surface area contributed by atoms with Crippen LogP contribution >= 0.6 is 0 Å².